The lowest BCUT2D eigenvalue weighted by molar-refractivity contribution is -0.340. The Bertz CT molecular complexity index is 2050. The zero-order valence-electron chi connectivity index (χ0n) is 27.3. The van der Waals surface area contributed by atoms with Crippen molar-refractivity contribution in [1.82, 2.24) is 25.2 Å². The summed E-state index contributed by atoms with van der Waals surface area (Å²) in [6, 6.07) is 5.45. The molecule has 2 aromatic carbocycles. The predicted octanol–water partition coefficient (Wildman–Crippen LogP) is 5.84. The Kier molecular flexibility index (Phi) is 8.00. The number of rotatable bonds is 6. The van der Waals surface area contributed by atoms with Crippen molar-refractivity contribution in [3.05, 3.63) is 47.2 Å². The van der Waals surface area contributed by atoms with Gasteiger partial charge in [-0.15, -0.1) is 19.6 Å². The Morgan fingerprint density at radius 1 is 1.14 bits per heavy atom. The number of fused-ring (bicyclic) bond motifs is 4. The summed E-state index contributed by atoms with van der Waals surface area (Å²) in [5, 5.41) is 15.3. The van der Waals surface area contributed by atoms with Gasteiger partial charge in [0, 0.05) is 42.7 Å². The van der Waals surface area contributed by atoms with Gasteiger partial charge in [0.05, 0.1) is 28.3 Å². The third kappa shape index (κ3) is 5.56. The molecular formula is C36H35F5N6O3. The fourth-order valence-electron chi connectivity index (χ4n) is 8.48. The van der Waals surface area contributed by atoms with E-state index in [4.69, 9.17) is 21.1 Å². The Hall–Kier alpha value is -4.32. The van der Waals surface area contributed by atoms with Gasteiger partial charge in [0.1, 0.15) is 35.2 Å². The molecule has 3 fully saturated rings. The number of hydrogen-bond acceptors (Lipinski definition) is 9. The Balaban J connectivity index is 1.28. The molecule has 0 radical (unpaired) electrons. The minimum absolute atomic E-state index is 0.00669. The number of piperazine rings is 1. The van der Waals surface area contributed by atoms with Crippen LogP contribution in [0.25, 0.3) is 32.9 Å². The van der Waals surface area contributed by atoms with Gasteiger partial charge in [0.2, 0.25) is 0 Å². The Morgan fingerprint density at radius 2 is 1.98 bits per heavy atom. The molecule has 0 spiro atoms. The van der Waals surface area contributed by atoms with Crippen LogP contribution in [-0.2, 0) is 11.2 Å². The lowest BCUT2D eigenvalue weighted by Crippen LogP contribution is -2.56. The highest BCUT2D eigenvalue weighted by Gasteiger charge is 2.52. The summed E-state index contributed by atoms with van der Waals surface area (Å²) in [7, 11) is 0. The first-order valence-electron chi connectivity index (χ1n) is 16.9. The number of phenolic OH excluding ortho intramolecular Hbond substituents is 1. The van der Waals surface area contributed by atoms with Crippen LogP contribution in [0.2, 0.25) is 0 Å². The molecule has 4 aliphatic rings. The van der Waals surface area contributed by atoms with Crippen LogP contribution >= 0.6 is 0 Å². The second kappa shape index (κ2) is 12.2. The van der Waals surface area contributed by atoms with E-state index in [0.29, 0.717) is 61.2 Å². The van der Waals surface area contributed by atoms with Crippen molar-refractivity contribution in [2.24, 2.45) is 0 Å². The summed E-state index contributed by atoms with van der Waals surface area (Å²) < 4.78 is 82.2. The Morgan fingerprint density at radius 3 is 2.76 bits per heavy atom. The van der Waals surface area contributed by atoms with Crippen LogP contribution in [0.5, 0.6) is 11.8 Å². The van der Waals surface area contributed by atoms with E-state index in [1.807, 2.05) is 4.90 Å². The molecule has 2 unspecified atom stereocenters. The van der Waals surface area contributed by atoms with Gasteiger partial charge < -0.3 is 20.1 Å². The van der Waals surface area contributed by atoms with Crippen LogP contribution < -0.4 is 15.0 Å². The average molecular weight is 695 g/mol. The minimum Gasteiger partial charge on any atom is -0.508 e. The smallest absolute Gasteiger partial charge is 0.508 e. The van der Waals surface area contributed by atoms with E-state index >= 15 is 4.39 Å². The van der Waals surface area contributed by atoms with E-state index in [0.717, 1.165) is 12.8 Å². The first-order chi connectivity index (χ1) is 24.0. The van der Waals surface area contributed by atoms with Gasteiger partial charge in [-0.05, 0) is 68.7 Å². The van der Waals surface area contributed by atoms with E-state index < -0.39 is 29.6 Å². The molecule has 0 bridgehead atoms. The van der Waals surface area contributed by atoms with Crippen LogP contribution in [0.3, 0.4) is 0 Å². The molecule has 3 saturated heterocycles. The SMILES string of the molecule is C#Cc1c(F)ccc2cc(O)cc(-c3nc4c5c(nc(OCC67CCCN6C[C@@H](OC(F)(F)F)C7)nc5c3F)N3C[C@@H](CC)NCC3CC4)c12. The number of terminal acetylenes is 1. The molecule has 0 aliphatic carbocycles. The topological polar surface area (TPSA) is 95.9 Å². The summed E-state index contributed by atoms with van der Waals surface area (Å²) in [5.74, 6) is 1.17. The standard InChI is InChI=1S/C36H35F5N6O3/c1-3-20-16-47-21(15-42-20)7-9-27-29-32(30(38)31(43-27)25-13-22(48)12-19-6-8-26(37)24(4-2)28(19)25)44-34(45-33(29)47)49-18-35-10-5-11-46(35)17-23(14-35)50-36(39,40)41/h2,6,8,12-13,20-21,23,42,48H,3,5,7,9-11,14-18H2,1H3/t20-,21?,23+,35?/m1/s1. The number of phenols is 1. The lowest BCUT2D eigenvalue weighted by atomic mass is 9.94. The zero-order valence-corrected chi connectivity index (χ0v) is 27.3. The molecule has 8 rings (SSSR count). The molecule has 0 amide bonds. The second-order valence-corrected chi connectivity index (χ2v) is 13.7. The maximum absolute atomic E-state index is 17.1. The van der Waals surface area contributed by atoms with Crippen molar-refractivity contribution in [3.63, 3.8) is 0 Å². The number of pyridine rings is 1. The number of benzene rings is 2. The fraction of sp³-hybridized carbons (Fsp3) is 0.472. The molecule has 0 saturated carbocycles. The van der Waals surface area contributed by atoms with Crippen LogP contribution in [0.1, 0.15) is 50.3 Å². The molecule has 4 aromatic rings. The van der Waals surface area contributed by atoms with Crippen molar-refractivity contribution in [3.8, 4) is 35.4 Å². The normalized spacial score (nSPS) is 25.1. The lowest BCUT2D eigenvalue weighted by Gasteiger charge is -2.40. The summed E-state index contributed by atoms with van der Waals surface area (Å²) in [5.41, 5.74) is -0.356. The summed E-state index contributed by atoms with van der Waals surface area (Å²) in [6.45, 7) is 4.08. The molecule has 4 atom stereocenters. The minimum atomic E-state index is -4.75. The summed E-state index contributed by atoms with van der Waals surface area (Å²) in [6.07, 6.45) is 3.46. The number of aromatic hydroxyl groups is 1. The van der Waals surface area contributed by atoms with Crippen molar-refractivity contribution < 1.29 is 36.5 Å². The van der Waals surface area contributed by atoms with E-state index in [1.165, 1.54) is 24.3 Å². The number of aryl methyl sites for hydroxylation is 1. The third-order valence-corrected chi connectivity index (χ3v) is 10.8. The first kappa shape index (κ1) is 32.9. The maximum atomic E-state index is 17.1. The molecular weight excluding hydrogens is 659 g/mol. The molecule has 50 heavy (non-hydrogen) atoms. The van der Waals surface area contributed by atoms with Crippen molar-refractivity contribution >= 4 is 27.5 Å². The van der Waals surface area contributed by atoms with Gasteiger partial charge in [-0.3, -0.25) is 9.64 Å². The van der Waals surface area contributed by atoms with Gasteiger partial charge >= 0.3 is 12.4 Å². The van der Waals surface area contributed by atoms with Crippen molar-refractivity contribution in [1.29, 1.82) is 0 Å². The van der Waals surface area contributed by atoms with Crippen molar-refractivity contribution in [2.75, 3.05) is 37.7 Å². The van der Waals surface area contributed by atoms with E-state index in [2.05, 4.69) is 32.8 Å². The maximum Gasteiger partial charge on any atom is 0.522 e. The molecule has 4 aliphatic heterocycles. The second-order valence-electron chi connectivity index (χ2n) is 13.7. The first-order valence-corrected chi connectivity index (χ1v) is 16.9. The number of hydrogen-bond donors (Lipinski definition) is 2. The summed E-state index contributed by atoms with van der Waals surface area (Å²) in [4.78, 5) is 18.4. The number of ether oxygens (including phenoxy) is 2. The number of nitrogens with zero attached hydrogens (tertiary/aromatic N) is 5. The van der Waals surface area contributed by atoms with Gasteiger partial charge in [-0.1, -0.05) is 18.9 Å². The summed E-state index contributed by atoms with van der Waals surface area (Å²) >= 11 is 0. The number of halogens is 5. The van der Waals surface area contributed by atoms with E-state index in [9.17, 15) is 22.7 Å². The number of nitrogens with one attached hydrogen (secondary N) is 1. The number of anilines is 1. The molecule has 9 nitrogen and oxygen atoms in total. The molecule has 6 heterocycles. The Labute approximate surface area is 284 Å². The van der Waals surface area contributed by atoms with E-state index in [1.54, 1.807) is 0 Å². The highest BCUT2D eigenvalue weighted by molar-refractivity contribution is 6.03. The van der Waals surface area contributed by atoms with Gasteiger partial charge in [0.25, 0.3) is 0 Å². The highest BCUT2D eigenvalue weighted by atomic mass is 19.4. The molecule has 2 aromatic heterocycles. The van der Waals surface area contributed by atoms with Crippen LogP contribution in [0.15, 0.2) is 24.3 Å². The molecule has 14 heteroatoms. The van der Waals surface area contributed by atoms with Crippen LogP contribution in [-0.4, -0.2) is 87.8 Å². The molecule has 262 valence electrons. The van der Waals surface area contributed by atoms with Crippen LogP contribution in [0, 0.1) is 24.0 Å². The van der Waals surface area contributed by atoms with Crippen molar-refractivity contribution in [2.45, 2.75) is 75.5 Å². The average Bonchev–Trinajstić information content (AvgIpc) is 3.57. The van der Waals surface area contributed by atoms with Gasteiger partial charge in [-0.2, -0.15) is 9.97 Å². The fourth-order valence-corrected chi connectivity index (χ4v) is 8.48. The zero-order chi connectivity index (χ0) is 34.9. The number of alkyl halides is 3. The van der Waals surface area contributed by atoms with Crippen LogP contribution in [0.4, 0.5) is 27.8 Å². The highest BCUT2D eigenvalue weighted by Crippen LogP contribution is 2.44. The number of aromatic nitrogens is 3. The van der Waals surface area contributed by atoms with E-state index in [-0.39, 0.29) is 71.1 Å². The van der Waals surface area contributed by atoms with Gasteiger partial charge in [-0.25, -0.2) is 13.8 Å². The third-order valence-electron chi connectivity index (χ3n) is 10.8. The van der Waals surface area contributed by atoms with Gasteiger partial charge in [0.15, 0.2) is 5.82 Å². The monoisotopic (exact) mass is 694 g/mol. The molecule has 2 N–H and O–H groups in total. The quantitative estimate of drug-likeness (QED) is 0.191. The largest absolute Gasteiger partial charge is 0.522 e. The predicted molar refractivity (Wildman–Crippen MR) is 176 cm³/mol.